The van der Waals surface area contributed by atoms with Crippen molar-refractivity contribution in [2.75, 3.05) is 19.8 Å². The van der Waals surface area contributed by atoms with Crippen LogP contribution in [0.15, 0.2) is 30.3 Å². The number of Topliss-reactive ketones (excluding diaryl/α,β-unsaturated/α-hetero) is 1. The number of likely N-dealkylation sites (tertiary alicyclic amines) is 1. The molecule has 5 rings (SSSR count). The second-order valence-electron chi connectivity index (χ2n) is 13.8. The van der Waals surface area contributed by atoms with Gasteiger partial charge in [0.05, 0.1) is 31.5 Å². The number of alkyl carbamates (subject to hydrolysis) is 1. The molecule has 2 saturated heterocycles. The van der Waals surface area contributed by atoms with Gasteiger partial charge in [0.25, 0.3) is 5.91 Å². The molecule has 4 amide bonds. The topological polar surface area (TPSA) is 164 Å². The molecule has 256 valence electrons. The maximum atomic E-state index is 14.4. The van der Waals surface area contributed by atoms with Crippen LogP contribution in [0, 0.1) is 5.41 Å². The fourth-order valence-electron chi connectivity index (χ4n) is 5.99. The Bertz CT molecular complexity index is 1400. The van der Waals surface area contributed by atoms with Crippen molar-refractivity contribution in [3.05, 3.63) is 40.9 Å². The van der Waals surface area contributed by atoms with Gasteiger partial charge in [0.1, 0.15) is 23.8 Å². The third-order valence-electron chi connectivity index (χ3n) is 8.75. The van der Waals surface area contributed by atoms with E-state index in [4.69, 9.17) is 25.9 Å². The summed E-state index contributed by atoms with van der Waals surface area (Å²) >= 11 is 6.08. The van der Waals surface area contributed by atoms with Gasteiger partial charge in [0.2, 0.25) is 17.6 Å². The first-order chi connectivity index (χ1) is 22.3. The van der Waals surface area contributed by atoms with Crippen LogP contribution in [-0.2, 0) is 33.5 Å². The van der Waals surface area contributed by atoms with Crippen LogP contribution in [0.2, 0.25) is 5.02 Å². The highest BCUT2D eigenvalue weighted by Gasteiger charge is 2.54. The van der Waals surface area contributed by atoms with Crippen molar-refractivity contribution >= 4 is 46.9 Å². The van der Waals surface area contributed by atoms with E-state index in [1.807, 2.05) is 25.1 Å². The quantitative estimate of drug-likeness (QED) is 0.259. The van der Waals surface area contributed by atoms with Crippen molar-refractivity contribution in [1.29, 1.82) is 0 Å². The van der Waals surface area contributed by atoms with Crippen molar-refractivity contribution < 1.29 is 38.3 Å². The Morgan fingerprint density at radius 2 is 1.83 bits per heavy atom. The minimum atomic E-state index is -1.11. The molecule has 3 heterocycles. The second-order valence-corrected chi connectivity index (χ2v) is 14.3. The fourth-order valence-corrected chi connectivity index (χ4v) is 6.11. The molecule has 47 heavy (non-hydrogen) atoms. The standard InChI is InChI=1S/C33H44ClN5O8/c1-5-6-23(26(40)29(42)35-21-11-12-21)36-28(41)25-16-33(15-24(38-47-33)19-7-9-20(34)10-8-19)18-39(25)30(43)27(32(2,3)4)37-31(44)46-22-13-14-45-17-22/h7-10,15,21-23,25,27,38H,5-6,11-14,16-18H2,1-4H3,(H,35,42)(H,36,41)(H,37,44)/t22-,23-,25-,27+,33+/m0/s1. The van der Waals surface area contributed by atoms with E-state index >= 15 is 0 Å². The Hall–Kier alpha value is -3.68. The zero-order valence-corrected chi connectivity index (χ0v) is 28.0. The van der Waals surface area contributed by atoms with E-state index in [1.54, 1.807) is 32.9 Å². The molecule has 4 aliphatic rings. The molecule has 0 radical (unpaired) electrons. The first-order valence-electron chi connectivity index (χ1n) is 16.2. The van der Waals surface area contributed by atoms with Gasteiger partial charge in [-0.15, -0.1) is 0 Å². The number of ether oxygens (including phenoxy) is 2. The fraction of sp³-hybridized carbons (Fsp3) is 0.606. The Labute approximate surface area is 279 Å². The number of carbonyl (C=O) groups is 5. The van der Waals surface area contributed by atoms with Crippen LogP contribution in [0.25, 0.3) is 5.70 Å². The lowest BCUT2D eigenvalue weighted by Gasteiger charge is -2.35. The van der Waals surface area contributed by atoms with Crippen molar-refractivity contribution in [1.82, 2.24) is 26.3 Å². The predicted octanol–water partition coefficient (Wildman–Crippen LogP) is 2.62. The monoisotopic (exact) mass is 673 g/mol. The Morgan fingerprint density at radius 1 is 1.11 bits per heavy atom. The molecule has 0 aromatic heterocycles. The Morgan fingerprint density at radius 3 is 2.45 bits per heavy atom. The highest BCUT2D eigenvalue weighted by molar-refractivity contribution is 6.38. The van der Waals surface area contributed by atoms with E-state index in [0.717, 1.165) is 18.4 Å². The lowest BCUT2D eigenvalue weighted by molar-refractivity contribution is -0.144. The highest BCUT2D eigenvalue weighted by atomic mass is 35.5. The largest absolute Gasteiger partial charge is 0.444 e. The molecule has 1 aliphatic carbocycles. The number of amides is 4. The molecule has 13 nitrogen and oxygen atoms in total. The number of nitrogens with zero attached hydrogens (tertiary/aromatic N) is 1. The van der Waals surface area contributed by atoms with Gasteiger partial charge in [-0.2, -0.15) is 0 Å². The van der Waals surface area contributed by atoms with Crippen LogP contribution in [-0.4, -0.2) is 90.1 Å². The molecule has 5 atom stereocenters. The normalized spacial score (nSPS) is 25.0. The van der Waals surface area contributed by atoms with E-state index < -0.39 is 64.8 Å². The van der Waals surface area contributed by atoms with Crippen molar-refractivity contribution in [3.8, 4) is 0 Å². The van der Waals surface area contributed by atoms with Crippen LogP contribution in [0.3, 0.4) is 0 Å². The number of ketones is 1. The number of rotatable bonds is 11. The molecular formula is C33H44ClN5O8. The van der Waals surface area contributed by atoms with Crippen LogP contribution in [0.5, 0.6) is 0 Å². The lowest BCUT2D eigenvalue weighted by atomic mass is 9.85. The predicted molar refractivity (Wildman–Crippen MR) is 172 cm³/mol. The zero-order chi connectivity index (χ0) is 33.9. The summed E-state index contributed by atoms with van der Waals surface area (Å²) in [7, 11) is 0. The molecule has 1 aromatic rings. The van der Waals surface area contributed by atoms with Crippen LogP contribution < -0.4 is 21.4 Å². The molecular weight excluding hydrogens is 630 g/mol. The molecule has 14 heteroatoms. The van der Waals surface area contributed by atoms with E-state index in [2.05, 4.69) is 21.4 Å². The van der Waals surface area contributed by atoms with Crippen molar-refractivity contribution in [3.63, 3.8) is 0 Å². The minimum Gasteiger partial charge on any atom is -0.444 e. The Balaban J connectivity index is 1.41. The SMILES string of the molecule is CCC[C@H](NC(=O)[C@@H]1C[C@]2(C=C(c3ccc(Cl)cc3)NO2)CN1C(=O)[C@@H](NC(=O)O[C@H]1CCOC1)C(C)(C)C)C(=O)C(=O)NC1CC1. The molecule has 3 fully saturated rings. The lowest BCUT2D eigenvalue weighted by Crippen LogP contribution is -2.59. The molecule has 1 spiro atoms. The summed E-state index contributed by atoms with van der Waals surface area (Å²) in [6, 6.07) is 3.87. The van der Waals surface area contributed by atoms with Crippen LogP contribution >= 0.6 is 11.6 Å². The molecule has 1 saturated carbocycles. The first kappa shape index (κ1) is 34.6. The second kappa shape index (κ2) is 14.2. The molecule has 4 N–H and O–H groups in total. The minimum absolute atomic E-state index is 0.0180. The number of benzene rings is 1. The third kappa shape index (κ3) is 8.43. The number of nitrogens with one attached hydrogen (secondary N) is 4. The molecule has 3 aliphatic heterocycles. The number of hydrogen-bond donors (Lipinski definition) is 4. The molecule has 1 aromatic carbocycles. The van der Waals surface area contributed by atoms with E-state index in [0.29, 0.717) is 30.2 Å². The number of hydrogen-bond acceptors (Lipinski definition) is 9. The van der Waals surface area contributed by atoms with Crippen molar-refractivity contribution in [2.24, 2.45) is 5.41 Å². The van der Waals surface area contributed by atoms with Crippen LogP contribution in [0.1, 0.15) is 71.8 Å². The summed E-state index contributed by atoms with van der Waals surface area (Å²) in [5, 5.41) is 8.75. The summed E-state index contributed by atoms with van der Waals surface area (Å²) < 4.78 is 10.8. The van der Waals surface area contributed by atoms with Gasteiger partial charge in [-0.3, -0.25) is 29.5 Å². The summed E-state index contributed by atoms with van der Waals surface area (Å²) in [5.41, 5.74) is 2.48. The van der Waals surface area contributed by atoms with Gasteiger partial charge in [0, 0.05) is 23.9 Å². The third-order valence-corrected chi connectivity index (χ3v) is 9.00. The smallest absolute Gasteiger partial charge is 0.408 e. The summed E-state index contributed by atoms with van der Waals surface area (Å²) in [4.78, 5) is 74.6. The zero-order valence-electron chi connectivity index (χ0n) is 27.2. The maximum absolute atomic E-state index is 14.4. The summed E-state index contributed by atoms with van der Waals surface area (Å²) in [6.45, 7) is 7.99. The maximum Gasteiger partial charge on any atom is 0.408 e. The molecule has 0 bridgehead atoms. The average molecular weight is 674 g/mol. The van der Waals surface area contributed by atoms with Gasteiger partial charge < -0.3 is 30.3 Å². The summed E-state index contributed by atoms with van der Waals surface area (Å²) in [6.07, 6.45) is 3.67. The van der Waals surface area contributed by atoms with Crippen molar-refractivity contribution in [2.45, 2.75) is 102 Å². The van der Waals surface area contributed by atoms with Gasteiger partial charge in [-0.1, -0.05) is 57.8 Å². The van der Waals surface area contributed by atoms with E-state index in [9.17, 15) is 24.0 Å². The number of carbonyl (C=O) groups excluding carboxylic acids is 5. The average Bonchev–Trinajstić information content (AvgIpc) is 3.37. The highest BCUT2D eigenvalue weighted by Crippen LogP contribution is 2.39. The summed E-state index contributed by atoms with van der Waals surface area (Å²) in [5.74, 6) is -2.58. The van der Waals surface area contributed by atoms with E-state index in [-0.39, 0.29) is 32.0 Å². The Kier molecular flexibility index (Phi) is 10.5. The van der Waals surface area contributed by atoms with Gasteiger partial charge in [-0.25, -0.2) is 4.79 Å². The first-order valence-corrected chi connectivity index (χ1v) is 16.6. The number of halogens is 1. The number of hydroxylamine groups is 1. The molecule has 0 unspecified atom stereocenters. The van der Waals surface area contributed by atoms with Gasteiger partial charge in [0.15, 0.2) is 0 Å². The van der Waals surface area contributed by atoms with Crippen LogP contribution in [0.4, 0.5) is 4.79 Å². The van der Waals surface area contributed by atoms with E-state index in [1.165, 1.54) is 4.90 Å². The van der Waals surface area contributed by atoms with Gasteiger partial charge in [-0.05, 0) is 48.4 Å². The van der Waals surface area contributed by atoms with Gasteiger partial charge >= 0.3 is 6.09 Å².